The first kappa shape index (κ1) is 9.18. The van der Waals surface area contributed by atoms with E-state index in [2.05, 4.69) is 9.72 Å². The molecule has 13 heavy (non-hydrogen) atoms. The monoisotopic (exact) mass is 179 g/mol. The van der Waals surface area contributed by atoms with Crippen LogP contribution < -0.4 is 5.73 Å². The number of nitrogens with two attached hydrogens (primary N) is 1. The van der Waals surface area contributed by atoms with Crippen molar-refractivity contribution in [2.24, 2.45) is 0 Å². The van der Waals surface area contributed by atoms with Crippen LogP contribution >= 0.6 is 0 Å². The summed E-state index contributed by atoms with van der Waals surface area (Å²) < 4.78 is 4.47. The number of methoxy groups -OCH3 is 1. The molecule has 0 radical (unpaired) electrons. The van der Waals surface area contributed by atoms with Crippen molar-refractivity contribution in [3.8, 4) is 0 Å². The molecule has 0 aliphatic carbocycles. The Kier molecular flexibility index (Phi) is 2.59. The number of nitrogen functional groups attached to an aromatic ring is 1. The highest BCUT2D eigenvalue weighted by molar-refractivity contribution is 5.92. The zero-order chi connectivity index (χ0) is 9.84. The van der Waals surface area contributed by atoms with Crippen molar-refractivity contribution in [2.45, 2.75) is 0 Å². The van der Waals surface area contributed by atoms with Gasteiger partial charge in [-0.2, -0.15) is 0 Å². The fourth-order valence-electron chi connectivity index (χ4n) is 0.842. The number of nitrogens with zero attached hydrogens (tertiary/aromatic N) is 1. The maximum atomic E-state index is 11.0. The highest BCUT2D eigenvalue weighted by atomic mass is 16.5. The van der Waals surface area contributed by atoms with Crippen molar-refractivity contribution in [1.29, 1.82) is 5.41 Å². The normalized spacial score (nSPS) is 9.31. The molecule has 5 heteroatoms. The third-order valence-corrected chi connectivity index (χ3v) is 1.51. The Morgan fingerprint density at radius 1 is 1.77 bits per heavy atom. The number of hydrogen-bond acceptors (Lipinski definition) is 5. The van der Waals surface area contributed by atoms with Gasteiger partial charge in [-0.3, -0.25) is 4.98 Å². The number of aromatic nitrogens is 1. The molecule has 0 unspecified atom stereocenters. The first-order valence-corrected chi connectivity index (χ1v) is 3.53. The van der Waals surface area contributed by atoms with Crippen LogP contribution in [-0.4, -0.2) is 24.3 Å². The van der Waals surface area contributed by atoms with E-state index in [0.717, 1.165) is 6.21 Å². The Balaban J connectivity index is 3.09. The second-order valence-corrected chi connectivity index (χ2v) is 2.33. The Labute approximate surface area is 75.0 Å². The smallest absolute Gasteiger partial charge is 0.339 e. The average molecular weight is 179 g/mol. The summed E-state index contributed by atoms with van der Waals surface area (Å²) >= 11 is 0. The van der Waals surface area contributed by atoms with Crippen LogP contribution in [0.4, 0.5) is 5.69 Å². The molecular formula is C8H9N3O2. The highest BCUT2D eigenvalue weighted by Gasteiger charge is 2.07. The molecule has 0 saturated carbocycles. The minimum absolute atomic E-state index is 0.283. The molecule has 0 aliphatic rings. The van der Waals surface area contributed by atoms with Crippen molar-refractivity contribution in [3.05, 3.63) is 23.5 Å². The fourth-order valence-corrected chi connectivity index (χ4v) is 0.842. The van der Waals surface area contributed by atoms with E-state index in [4.69, 9.17) is 11.1 Å². The van der Waals surface area contributed by atoms with Gasteiger partial charge in [-0.25, -0.2) is 4.79 Å². The lowest BCUT2D eigenvalue weighted by Gasteiger charge is -2.01. The minimum Gasteiger partial charge on any atom is -0.465 e. The summed E-state index contributed by atoms with van der Waals surface area (Å²) in [6.45, 7) is 0. The summed E-state index contributed by atoms with van der Waals surface area (Å²) in [5, 5.41) is 6.92. The second kappa shape index (κ2) is 3.66. The van der Waals surface area contributed by atoms with E-state index in [1.807, 2.05) is 0 Å². The van der Waals surface area contributed by atoms with Crippen LogP contribution in [-0.2, 0) is 4.74 Å². The van der Waals surface area contributed by atoms with Gasteiger partial charge in [0.1, 0.15) is 5.69 Å². The number of carbonyl (C=O) groups excluding carboxylic acids is 1. The molecule has 1 heterocycles. The Morgan fingerprint density at radius 2 is 2.46 bits per heavy atom. The van der Waals surface area contributed by atoms with E-state index in [-0.39, 0.29) is 11.3 Å². The van der Waals surface area contributed by atoms with Crippen molar-refractivity contribution in [3.63, 3.8) is 0 Å². The Morgan fingerprint density at radius 3 is 2.92 bits per heavy atom. The van der Waals surface area contributed by atoms with Crippen LogP contribution in [0.25, 0.3) is 0 Å². The van der Waals surface area contributed by atoms with E-state index >= 15 is 0 Å². The molecule has 5 nitrogen and oxygen atoms in total. The largest absolute Gasteiger partial charge is 0.465 e. The quantitative estimate of drug-likeness (QED) is 0.509. The number of esters is 1. The van der Waals surface area contributed by atoms with Gasteiger partial charge < -0.3 is 15.9 Å². The van der Waals surface area contributed by atoms with Crippen LogP contribution in [0.3, 0.4) is 0 Å². The highest BCUT2D eigenvalue weighted by Crippen LogP contribution is 2.09. The van der Waals surface area contributed by atoms with Crippen LogP contribution in [0.2, 0.25) is 0 Å². The lowest BCUT2D eigenvalue weighted by Crippen LogP contribution is -2.05. The van der Waals surface area contributed by atoms with Crippen LogP contribution in [0.5, 0.6) is 0 Å². The molecule has 68 valence electrons. The molecule has 1 aromatic rings. The third kappa shape index (κ3) is 1.81. The molecule has 0 saturated heterocycles. The third-order valence-electron chi connectivity index (χ3n) is 1.51. The zero-order valence-corrected chi connectivity index (χ0v) is 7.07. The van der Waals surface area contributed by atoms with E-state index in [0.29, 0.717) is 5.69 Å². The van der Waals surface area contributed by atoms with Gasteiger partial charge in [-0.05, 0) is 6.07 Å². The summed E-state index contributed by atoms with van der Waals surface area (Å²) in [6.07, 6.45) is 2.35. The van der Waals surface area contributed by atoms with Gasteiger partial charge in [0, 0.05) is 12.4 Å². The predicted molar refractivity (Wildman–Crippen MR) is 47.9 cm³/mol. The summed E-state index contributed by atoms with van der Waals surface area (Å²) in [5.41, 5.74) is 6.42. The van der Waals surface area contributed by atoms with Crippen LogP contribution in [0, 0.1) is 5.41 Å². The maximum absolute atomic E-state index is 11.0. The molecule has 0 aromatic carbocycles. The zero-order valence-electron chi connectivity index (χ0n) is 7.07. The van der Waals surface area contributed by atoms with Crippen LogP contribution in [0.15, 0.2) is 12.3 Å². The SMILES string of the molecule is COC(=O)c1cnc(C=N)c(N)c1. The number of carbonyl (C=O) groups is 1. The molecular weight excluding hydrogens is 170 g/mol. The molecule has 1 rings (SSSR count). The number of hydrogen-bond donors (Lipinski definition) is 2. The predicted octanol–water partition coefficient (Wildman–Crippen LogP) is 0.448. The lowest BCUT2D eigenvalue weighted by atomic mass is 10.2. The summed E-state index contributed by atoms with van der Waals surface area (Å²) in [7, 11) is 1.28. The second-order valence-electron chi connectivity index (χ2n) is 2.33. The van der Waals surface area contributed by atoms with Crippen molar-refractivity contribution >= 4 is 17.9 Å². The van der Waals surface area contributed by atoms with E-state index in [1.54, 1.807) is 0 Å². The van der Waals surface area contributed by atoms with Crippen molar-refractivity contribution in [2.75, 3.05) is 12.8 Å². The molecule has 1 aromatic heterocycles. The van der Waals surface area contributed by atoms with E-state index in [1.165, 1.54) is 19.4 Å². The number of anilines is 1. The fraction of sp³-hybridized carbons (Fsp3) is 0.125. The molecule has 0 spiro atoms. The van der Waals surface area contributed by atoms with Crippen molar-refractivity contribution < 1.29 is 9.53 Å². The van der Waals surface area contributed by atoms with Gasteiger partial charge in [0.15, 0.2) is 0 Å². The molecule has 3 N–H and O–H groups in total. The number of nitrogens with one attached hydrogen (secondary N) is 1. The van der Waals surface area contributed by atoms with Crippen LogP contribution in [0.1, 0.15) is 16.1 Å². The first-order chi connectivity index (χ1) is 6.19. The summed E-state index contributed by atoms with van der Waals surface area (Å²) in [6, 6.07) is 1.43. The maximum Gasteiger partial charge on any atom is 0.339 e. The van der Waals surface area contributed by atoms with Gasteiger partial charge in [-0.1, -0.05) is 0 Å². The lowest BCUT2D eigenvalue weighted by molar-refractivity contribution is 0.0600. The number of ether oxygens (including phenoxy) is 1. The van der Waals surface area contributed by atoms with Gasteiger partial charge in [0.05, 0.1) is 18.4 Å². The number of rotatable bonds is 2. The number of pyridine rings is 1. The molecule has 0 fully saturated rings. The summed E-state index contributed by atoms with van der Waals surface area (Å²) in [5.74, 6) is -0.490. The van der Waals surface area contributed by atoms with E-state index in [9.17, 15) is 4.79 Å². The topological polar surface area (TPSA) is 89.1 Å². The molecule has 0 atom stereocenters. The van der Waals surface area contributed by atoms with Crippen molar-refractivity contribution in [1.82, 2.24) is 4.98 Å². The molecule has 0 bridgehead atoms. The Bertz CT molecular complexity index is 349. The van der Waals surface area contributed by atoms with Gasteiger partial charge in [0.2, 0.25) is 0 Å². The molecule has 0 amide bonds. The van der Waals surface area contributed by atoms with Gasteiger partial charge >= 0.3 is 5.97 Å². The average Bonchev–Trinajstić information content (AvgIpc) is 2.16. The van der Waals surface area contributed by atoms with Gasteiger partial charge in [0.25, 0.3) is 0 Å². The first-order valence-electron chi connectivity index (χ1n) is 3.53. The molecule has 0 aliphatic heterocycles. The van der Waals surface area contributed by atoms with Gasteiger partial charge in [-0.15, -0.1) is 0 Å². The Hall–Kier alpha value is -1.91. The minimum atomic E-state index is -0.490. The standard InChI is InChI=1S/C8H9N3O2/c1-13-8(12)5-2-6(10)7(3-9)11-4-5/h2-4,9H,10H2,1H3. The van der Waals surface area contributed by atoms with E-state index < -0.39 is 5.97 Å². The summed E-state index contributed by atoms with van der Waals surface area (Å²) in [4.78, 5) is 14.8.